The predicted octanol–water partition coefficient (Wildman–Crippen LogP) is 1.85. The van der Waals surface area contributed by atoms with E-state index in [4.69, 9.17) is 20.3 Å². The van der Waals surface area contributed by atoms with Crippen LogP contribution in [0.5, 0.6) is 0 Å². The molecule has 1 aliphatic heterocycles. The second kappa shape index (κ2) is 11.7. The minimum absolute atomic E-state index is 0.00443. The molecule has 3 aromatic rings. The first-order valence-electron chi connectivity index (χ1n) is 11.9. The van der Waals surface area contributed by atoms with Gasteiger partial charge >= 0.3 is 5.97 Å². The zero-order valence-electron chi connectivity index (χ0n) is 20.1. The topological polar surface area (TPSA) is 180 Å². The van der Waals surface area contributed by atoms with E-state index in [0.717, 1.165) is 25.9 Å². The second-order valence-electron chi connectivity index (χ2n) is 8.85. The third kappa shape index (κ3) is 6.72. The van der Waals surface area contributed by atoms with Gasteiger partial charge in [0.2, 0.25) is 5.91 Å². The van der Waals surface area contributed by atoms with Gasteiger partial charge in [0.1, 0.15) is 18.5 Å². The normalized spacial score (nSPS) is 14.7. The lowest BCUT2D eigenvalue weighted by atomic mass is 10.1. The average Bonchev–Trinajstić information content (AvgIpc) is 3.32. The summed E-state index contributed by atoms with van der Waals surface area (Å²) in [6, 6.07) is 10.5. The Kier molecular flexibility index (Phi) is 8.16. The molecule has 1 saturated heterocycles. The second-order valence-corrected chi connectivity index (χ2v) is 8.85. The van der Waals surface area contributed by atoms with Crippen molar-refractivity contribution in [3.63, 3.8) is 0 Å². The lowest BCUT2D eigenvalue weighted by molar-refractivity contribution is -0.143. The molecule has 1 aliphatic rings. The number of hydrogen-bond acceptors (Lipinski definition) is 7. The van der Waals surface area contributed by atoms with Gasteiger partial charge in [0.15, 0.2) is 5.76 Å². The highest BCUT2D eigenvalue weighted by atomic mass is 16.5. The molecule has 11 nitrogen and oxygen atoms in total. The number of anilines is 1. The number of nitrogen functional groups attached to an aromatic ring is 1. The molecule has 11 heteroatoms. The summed E-state index contributed by atoms with van der Waals surface area (Å²) in [4.78, 5) is 36.7. The fourth-order valence-corrected chi connectivity index (χ4v) is 4.14. The number of carbonyl (C=O) groups excluding carboxylic acids is 2. The van der Waals surface area contributed by atoms with E-state index >= 15 is 0 Å². The summed E-state index contributed by atoms with van der Waals surface area (Å²) in [6.45, 7) is 1.48. The van der Waals surface area contributed by atoms with Crippen LogP contribution in [0.4, 0.5) is 5.69 Å². The van der Waals surface area contributed by atoms with Gasteiger partial charge in [-0.05, 0) is 55.8 Å². The molecule has 2 heterocycles. The third-order valence-electron chi connectivity index (χ3n) is 6.14. The van der Waals surface area contributed by atoms with Crippen molar-refractivity contribution in [3.05, 3.63) is 65.6 Å². The van der Waals surface area contributed by atoms with E-state index in [-0.39, 0.29) is 30.7 Å². The standard InChI is InChI=1S/C26H29N5O6/c27-24(28)16-3-6-20-17(12-16)13-37-23(20)25(33)30-18-4-1-15(2-5-18)11-21(26(34)35)31-22(32)14-36-19-7-9-29-10-8-19/h1-6,12-13,19,21,29H,7-11,14H2,(H3,27,28)(H,30,33)(H,31,32)(H,34,35)/t21-/m0/s1. The van der Waals surface area contributed by atoms with Crippen LogP contribution in [0.15, 0.2) is 53.1 Å². The van der Waals surface area contributed by atoms with Gasteiger partial charge in [0.05, 0.1) is 12.4 Å². The van der Waals surface area contributed by atoms with Crippen molar-refractivity contribution in [2.45, 2.75) is 31.4 Å². The largest absolute Gasteiger partial charge is 0.480 e. The Morgan fingerprint density at radius 2 is 1.89 bits per heavy atom. The zero-order chi connectivity index (χ0) is 26.4. The van der Waals surface area contributed by atoms with Gasteiger partial charge in [-0.3, -0.25) is 15.0 Å². The number of hydrogen-bond donors (Lipinski definition) is 6. The number of piperidine rings is 1. The summed E-state index contributed by atoms with van der Waals surface area (Å²) < 4.78 is 11.0. The van der Waals surface area contributed by atoms with Crippen molar-refractivity contribution in [2.24, 2.45) is 5.73 Å². The van der Waals surface area contributed by atoms with Crippen LogP contribution in [0.2, 0.25) is 0 Å². The molecule has 2 amide bonds. The molecular weight excluding hydrogens is 478 g/mol. The highest BCUT2D eigenvalue weighted by Crippen LogP contribution is 2.24. The van der Waals surface area contributed by atoms with Crippen LogP contribution < -0.4 is 21.7 Å². The number of aliphatic carboxylic acids is 1. The van der Waals surface area contributed by atoms with E-state index in [0.29, 0.717) is 27.6 Å². The number of furan rings is 1. The van der Waals surface area contributed by atoms with Gasteiger partial charge in [0.25, 0.3) is 5.91 Å². The number of carboxylic acid groups (broad SMARTS) is 1. The van der Waals surface area contributed by atoms with Crippen LogP contribution in [0.1, 0.15) is 34.5 Å². The maximum Gasteiger partial charge on any atom is 0.326 e. The van der Waals surface area contributed by atoms with Gasteiger partial charge in [-0.25, -0.2) is 4.79 Å². The molecule has 0 saturated carbocycles. The van der Waals surface area contributed by atoms with Gasteiger partial charge in [-0.15, -0.1) is 0 Å². The first kappa shape index (κ1) is 25.9. The quantitative estimate of drug-likeness (QED) is 0.178. The van der Waals surface area contributed by atoms with Gasteiger partial charge in [-0.1, -0.05) is 18.2 Å². The average molecular weight is 508 g/mol. The predicted molar refractivity (Wildman–Crippen MR) is 137 cm³/mol. The smallest absolute Gasteiger partial charge is 0.326 e. The summed E-state index contributed by atoms with van der Waals surface area (Å²) in [7, 11) is 0. The van der Waals surface area contributed by atoms with Crippen molar-refractivity contribution in [3.8, 4) is 0 Å². The Bertz CT molecular complexity index is 1300. The summed E-state index contributed by atoms with van der Waals surface area (Å²) >= 11 is 0. The molecule has 37 heavy (non-hydrogen) atoms. The Balaban J connectivity index is 1.33. The number of carboxylic acids is 1. The van der Waals surface area contributed by atoms with Crippen LogP contribution >= 0.6 is 0 Å². The van der Waals surface area contributed by atoms with Gasteiger partial charge in [-0.2, -0.15) is 0 Å². The molecule has 0 radical (unpaired) electrons. The third-order valence-corrected chi connectivity index (χ3v) is 6.14. The number of benzene rings is 2. The fourth-order valence-electron chi connectivity index (χ4n) is 4.14. The number of nitrogens with one attached hydrogen (secondary N) is 4. The van der Waals surface area contributed by atoms with Crippen LogP contribution in [-0.2, 0) is 20.7 Å². The molecule has 4 rings (SSSR count). The molecule has 0 bridgehead atoms. The van der Waals surface area contributed by atoms with Crippen molar-refractivity contribution in [2.75, 3.05) is 25.0 Å². The number of fused-ring (bicyclic) bond motifs is 1. The number of carbonyl (C=O) groups is 3. The molecule has 1 atom stereocenters. The molecular formula is C26H29N5O6. The Morgan fingerprint density at radius 3 is 2.57 bits per heavy atom. The molecule has 2 aromatic carbocycles. The van der Waals surface area contributed by atoms with Gasteiger partial charge in [0, 0.05) is 28.4 Å². The van der Waals surface area contributed by atoms with E-state index < -0.39 is 23.8 Å². The molecule has 194 valence electrons. The molecule has 1 fully saturated rings. The highest BCUT2D eigenvalue weighted by molar-refractivity contribution is 6.12. The van der Waals surface area contributed by atoms with Crippen LogP contribution in [0, 0.1) is 5.41 Å². The van der Waals surface area contributed by atoms with Crippen molar-refractivity contribution < 1.29 is 28.6 Å². The Morgan fingerprint density at radius 1 is 1.16 bits per heavy atom. The molecule has 1 aromatic heterocycles. The fraction of sp³-hybridized carbons (Fsp3) is 0.308. The molecule has 0 spiro atoms. The lowest BCUT2D eigenvalue weighted by Gasteiger charge is -2.23. The maximum atomic E-state index is 12.7. The van der Waals surface area contributed by atoms with E-state index in [2.05, 4.69) is 16.0 Å². The Labute approximate surface area is 212 Å². The Hall–Kier alpha value is -4.22. The molecule has 0 unspecified atom stereocenters. The number of nitrogens with two attached hydrogens (primary N) is 1. The summed E-state index contributed by atoms with van der Waals surface area (Å²) in [5.41, 5.74) is 7.20. The van der Waals surface area contributed by atoms with E-state index in [1.165, 1.54) is 6.26 Å². The van der Waals surface area contributed by atoms with E-state index in [1.807, 2.05) is 0 Å². The summed E-state index contributed by atoms with van der Waals surface area (Å²) in [6.07, 6.45) is 3.13. The summed E-state index contributed by atoms with van der Waals surface area (Å²) in [5, 5.41) is 26.8. The van der Waals surface area contributed by atoms with Crippen LogP contribution in [0.25, 0.3) is 10.8 Å². The number of ether oxygens (including phenoxy) is 1. The lowest BCUT2D eigenvalue weighted by Crippen LogP contribution is -2.44. The zero-order valence-corrected chi connectivity index (χ0v) is 20.1. The summed E-state index contributed by atoms with van der Waals surface area (Å²) in [5.74, 6) is -2.04. The maximum absolute atomic E-state index is 12.7. The monoisotopic (exact) mass is 507 g/mol. The van der Waals surface area contributed by atoms with Crippen molar-refractivity contribution >= 4 is 40.1 Å². The molecule has 7 N–H and O–H groups in total. The van der Waals surface area contributed by atoms with Crippen molar-refractivity contribution in [1.82, 2.24) is 10.6 Å². The van der Waals surface area contributed by atoms with Crippen LogP contribution in [-0.4, -0.2) is 60.6 Å². The minimum atomic E-state index is -1.15. The highest BCUT2D eigenvalue weighted by Gasteiger charge is 2.22. The number of amidine groups is 1. The van der Waals surface area contributed by atoms with Crippen LogP contribution in [0.3, 0.4) is 0 Å². The van der Waals surface area contributed by atoms with Crippen molar-refractivity contribution in [1.29, 1.82) is 5.41 Å². The number of amides is 2. The molecule has 0 aliphatic carbocycles. The minimum Gasteiger partial charge on any atom is -0.480 e. The van der Waals surface area contributed by atoms with Gasteiger partial charge < -0.3 is 35.9 Å². The first-order valence-corrected chi connectivity index (χ1v) is 11.9. The first-order chi connectivity index (χ1) is 17.8. The van der Waals surface area contributed by atoms with E-state index in [9.17, 15) is 19.5 Å². The SMILES string of the molecule is N=C(N)c1ccc2c(C(=O)Nc3ccc(C[C@H](NC(=O)COC4CCNCC4)C(=O)O)cc3)occ2c1. The number of rotatable bonds is 10. The van der Waals surface area contributed by atoms with E-state index in [1.54, 1.807) is 42.5 Å².